The van der Waals surface area contributed by atoms with E-state index in [0.717, 1.165) is 5.75 Å². The second kappa shape index (κ2) is 5.27. The number of aryl methyl sites for hydroxylation is 2. The van der Waals surface area contributed by atoms with Crippen molar-refractivity contribution >= 4 is 22.8 Å². The molecule has 0 aliphatic carbocycles. The zero-order chi connectivity index (χ0) is 13.1. The van der Waals surface area contributed by atoms with Crippen LogP contribution in [0.1, 0.15) is 16.7 Å². The molecule has 92 valence electrons. The molecule has 4 nitrogen and oxygen atoms in total. The summed E-state index contributed by atoms with van der Waals surface area (Å²) >= 11 is 1.40. The van der Waals surface area contributed by atoms with Crippen LogP contribution in [-0.4, -0.2) is 11.1 Å². The van der Waals surface area contributed by atoms with Gasteiger partial charge in [-0.25, -0.2) is 0 Å². The van der Waals surface area contributed by atoms with Crippen LogP contribution < -0.4 is 0 Å². The maximum Gasteiger partial charge on any atom is 0.299 e. The highest BCUT2D eigenvalue weighted by Gasteiger charge is 2.13. The molecule has 0 aromatic heterocycles. The van der Waals surface area contributed by atoms with Crippen molar-refractivity contribution in [1.82, 2.24) is 0 Å². The molecule has 1 aromatic carbocycles. The van der Waals surface area contributed by atoms with Gasteiger partial charge < -0.3 is 0 Å². The van der Waals surface area contributed by atoms with Gasteiger partial charge >= 0.3 is 0 Å². The van der Waals surface area contributed by atoms with Gasteiger partial charge in [-0.2, -0.15) is 4.99 Å². The van der Waals surface area contributed by atoms with Crippen molar-refractivity contribution in [3.63, 3.8) is 0 Å². The van der Waals surface area contributed by atoms with Gasteiger partial charge in [-0.05, 0) is 19.4 Å². The maximum absolute atomic E-state index is 11.3. The first-order valence-electron chi connectivity index (χ1n) is 5.48. The molecule has 0 N–H and O–H groups in total. The van der Waals surface area contributed by atoms with Crippen LogP contribution in [0.25, 0.3) is 0 Å². The van der Waals surface area contributed by atoms with Crippen LogP contribution in [0.4, 0.5) is 0 Å². The first-order chi connectivity index (χ1) is 8.54. The molecule has 0 unspecified atom stereocenters. The summed E-state index contributed by atoms with van der Waals surface area (Å²) in [4.78, 5) is 15.1. The normalized spacial score (nSPS) is 14.9. The summed E-state index contributed by atoms with van der Waals surface area (Å²) in [6.07, 6.45) is 0. The quantitative estimate of drug-likeness (QED) is 0.764. The third kappa shape index (κ3) is 3.13. The fraction of sp³-hybridized carbons (Fsp3) is 0.231. The zero-order valence-corrected chi connectivity index (χ0v) is 11.1. The van der Waals surface area contributed by atoms with Crippen molar-refractivity contribution in [2.75, 3.05) is 0 Å². The average molecular weight is 259 g/mol. The highest BCUT2D eigenvalue weighted by molar-refractivity contribution is 8.13. The maximum atomic E-state index is 11.3. The Morgan fingerprint density at radius 2 is 1.83 bits per heavy atom. The van der Waals surface area contributed by atoms with E-state index in [4.69, 9.17) is 0 Å². The Morgan fingerprint density at radius 1 is 1.17 bits per heavy atom. The van der Waals surface area contributed by atoms with Gasteiger partial charge in [-0.3, -0.25) is 4.79 Å². The van der Waals surface area contributed by atoms with Gasteiger partial charge in [0.15, 0.2) is 0 Å². The van der Waals surface area contributed by atoms with E-state index < -0.39 is 5.91 Å². The molecule has 0 saturated carbocycles. The molecule has 0 saturated heterocycles. The SMILES string of the molecule is C=C1N=NC(SCc2cc(C)cc(C)c2)=NC1=O. The lowest BCUT2D eigenvalue weighted by Crippen LogP contribution is -2.04. The third-order valence-corrected chi connectivity index (χ3v) is 3.26. The van der Waals surface area contributed by atoms with Gasteiger partial charge in [0.25, 0.3) is 5.91 Å². The molecule has 0 atom stereocenters. The van der Waals surface area contributed by atoms with E-state index >= 15 is 0 Å². The van der Waals surface area contributed by atoms with E-state index in [0.29, 0.717) is 5.17 Å². The van der Waals surface area contributed by atoms with Crippen LogP contribution >= 0.6 is 11.8 Å². The number of amidine groups is 1. The van der Waals surface area contributed by atoms with E-state index in [1.54, 1.807) is 0 Å². The number of aliphatic imine (C=N–C) groups is 1. The van der Waals surface area contributed by atoms with Crippen molar-refractivity contribution in [1.29, 1.82) is 0 Å². The second-order valence-electron chi connectivity index (χ2n) is 4.13. The minimum absolute atomic E-state index is 0.0887. The minimum atomic E-state index is -0.409. The van der Waals surface area contributed by atoms with Gasteiger partial charge in [-0.1, -0.05) is 47.7 Å². The smallest absolute Gasteiger partial charge is 0.265 e. The van der Waals surface area contributed by atoms with Crippen LogP contribution in [0.3, 0.4) is 0 Å². The Bertz CT molecular complexity index is 555. The summed E-state index contributed by atoms with van der Waals surface area (Å²) in [6, 6.07) is 6.35. The molecule has 1 aliphatic heterocycles. The first-order valence-corrected chi connectivity index (χ1v) is 6.47. The molecule has 1 aliphatic rings. The van der Waals surface area contributed by atoms with Gasteiger partial charge in [-0.15, -0.1) is 10.2 Å². The monoisotopic (exact) mass is 259 g/mol. The predicted molar refractivity (Wildman–Crippen MR) is 73.6 cm³/mol. The molecule has 18 heavy (non-hydrogen) atoms. The largest absolute Gasteiger partial charge is 0.299 e. The Kier molecular flexibility index (Phi) is 3.72. The predicted octanol–water partition coefficient (Wildman–Crippen LogP) is 3.40. The van der Waals surface area contributed by atoms with Crippen molar-refractivity contribution in [2.45, 2.75) is 19.6 Å². The van der Waals surface area contributed by atoms with Crippen molar-refractivity contribution in [3.8, 4) is 0 Å². The zero-order valence-electron chi connectivity index (χ0n) is 10.3. The first kappa shape index (κ1) is 12.7. The van der Waals surface area contributed by atoms with Crippen molar-refractivity contribution in [3.05, 3.63) is 47.2 Å². The van der Waals surface area contributed by atoms with Gasteiger partial charge in [0.05, 0.1) is 0 Å². The van der Waals surface area contributed by atoms with E-state index in [9.17, 15) is 4.79 Å². The van der Waals surface area contributed by atoms with E-state index in [2.05, 4.69) is 53.8 Å². The number of carbonyl (C=O) groups excluding carboxylic acids is 1. The molecular weight excluding hydrogens is 246 g/mol. The molecule has 0 spiro atoms. The molecular formula is C13H13N3OS. The van der Waals surface area contributed by atoms with E-state index in [1.165, 1.54) is 28.5 Å². The molecule has 2 rings (SSSR count). The number of amides is 1. The van der Waals surface area contributed by atoms with Crippen LogP contribution in [0.2, 0.25) is 0 Å². The van der Waals surface area contributed by atoms with Crippen molar-refractivity contribution < 1.29 is 4.79 Å². The number of benzene rings is 1. The van der Waals surface area contributed by atoms with Crippen LogP contribution in [0.5, 0.6) is 0 Å². The number of thioether (sulfide) groups is 1. The fourth-order valence-corrected chi connectivity index (χ4v) is 2.39. The molecule has 0 fully saturated rings. The molecule has 0 bridgehead atoms. The highest BCUT2D eigenvalue weighted by atomic mass is 32.2. The summed E-state index contributed by atoms with van der Waals surface area (Å²) in [6.45, 7) is 7.57. The van der Waals surface area contributed by atoms with Gasteiger partial charge in [0.2, 0.25) is 5.17 Å². The summed E-state index contributed by atoms with van der Waals surface area (Å²) in [7, 11) is 0. The van der Waals surface area contributed by atoms with Gasteiger partial charge in [0.1, 0.15) is 5.70 Å². The number of nitrogens with zero attached hydrogens (tertiary/aromatic N) is 3. The second-order valence-corrected chi connectivity index (χ2v) is 5.07. The number of hydrogen-bond donors (Lipinski definition) is 0. The Labute approximate surface area is 110 Å². The summed E-state index contributed by atoms with van der Waals surface area (Å²) < 4.78 is 0. The summed E-state index contributed by atoms with van der Waals surface area (Å²) in [5, 5.41) is 7.90. The molecule has 1 amide bonds. The Hall–Kier alpha value is -1.75. The molecule has 1 aromatic rings. The summed E-state index contributed by atoms with van der Waals surface area (Å²) in [5.74, 6) is 0.313. The van der Waals surface area contributed by atoms with E-state index in [-0.39, 0.29) is 5.70 Å². The topological polar surface area (TPSA) is 54.1 Å². The van der Waals surface area contributed by atoms with Crippen LogP contribution in [0, 0.1) is 13.8 Å². The Balaban J connectivity index is 2.04. The van der Waals surface area contributed by atoms with Gasteiger partial charge in [0, 0.05) is 5.75 Å². The van der Waals surface area contributed by atoms with Crippen LogP contribution in [-0.2, 0) is 10.5 Å². The lowest BCUT2D eigenvalue weighted by Gasteiger charge is -2.06. The number of hydrogen-bond acceptors (Lipinski definition) is 4. The molecule has 5 heteroatoms. The number of azo groups is 1. The standard InChI is InChI=1S/C13H13N3OS/c1-8-4-9(2)6-11(5-8)7-18-13-14-12(17)10(3)15-16-13/h4-6H,3,7H2,1-2H3. The fourth-order valence-electron chi connectivity index (χ4n) is 1.68. The lowest BCUT2D eigenvalue weighted by atomic mass is 10.1. The van der Waals surface area contributed by atoms with Crippen LogP contribution in [0.15, 0.2) is 45.7 Å². The summed E-state index contributed by atoms with van der Waals surface area (Å²) in [5.41, 5.74) is 3.72. The third-order valence-electron chi connectivity index (χ3n) is 2.35. The number of rotatable bonds is 2. The van der Waals surface area contributed by atoms with E-state index in [1.807, 2.05) is 0 Å². The minimum Gasteiger partial charge on any atom is -0.265 e. The average Bonchev–Trinajstić information content (AvgIpc) is 2.29. The van der Waals surface area contributed by atoms with Crippen molar-refractivity contribution in [2.24, 2.45) is 15.2 Å². The molecule has 0 radical (unpaired) electrons. The highest BCUT2D eigenvalue weighted by Crippen LogP contribution is 2.20. The number of carbonyl (C=O) groups is 1. The molecule has 1 heterocycles. The lowest BCUT2D eigenvalue weighted by molar-refractivity contribution is -0.114. The Morgan fingerprint density at radius 3 is 2.44 bits per heavy atom.